The topological polar surface area (TPSA) is 44.8 Å². The minimum atomic E-state index is -1.62. The minimum Gasteiger partial charge on any atom is -0.491 e. The normalized spacial score (nSPS) is 10.4. The molecule has 0 bridgehead atoms. The molecule has 0 fully saturated rings. The fourth-order valence-electron chi connectivity index (χ4n) is 1.69. The smallest absolute Gasteiger partial charge is 0.343 e. The molecule has 7 heteroatoms. The number of ether oxygens (including phenoxy) is 3. The zero-order valence-electron chi connectivity index (χ0n) is 12.1. The van der Waals surface area contributed by atoms with Crippen LogP contribution in [0.3, 0.4) is 0 Å². The first-order chi connectivity index (χ1) is 11.0. The van der Waals surface area contributed by atoms with Gasteiger partial charge in [-0.3, -0.25) is 0 Å². The molecule has 0 aromatic heterocycles. The lowest BCUT2D eigenvalue weighted by Gasteiger charge is -2.07. The predicted molar refractivity (Wildman–Crippen MR) is 75.1 cm³/mol. The Bertz CT molecular complexity index is 663. The van der Waals surface area contributed by atoms with E-state index >= 15 is 0 Å². The summed E-state index contributed by atoms with van der Waals surface area (Å²) in [6, 6.07) is 7.13. The first kappa shape index (κ1) is 16.8. The van der Waals surface area contributed by atoms with Crippen molar-refractivity contribution in [3.63, 3.8) is 0 Å². The van der Waals surface area contributed by atoms with Gasteiger partial charge in [-0.15, -0.1) is 0 Å². The van der Waals surface area contributed by atoms with Crippen LogP contribution >= 0.6 is 0 Å². The number of hydrogen-bond acceptors (Lipinski definition) is 4. The van der Waals surface area contributed by atoms with E-state index in [0.717, 1.165) is 0 Å². The molecule has 2 aromatic carbocycles. The van der Waals surface area contributed by atoms with E-state index in [-0.39, 0.29) is 5.56 Å². The Morgan fingerprint density at radius 1 is 0.957 bits per heavy atom. The Morgan fingerprint density at radius 2 is 1.57 bits per heavy atom. The highest BCUT2D eigenvalue weighted by Crippen LogP contribution is 2.21. The van der Waals surface area contributed by atoms with Crippen molar-refractivity contribution in [2.75, 3.05) is 20.3 Å². The summed E-state index contributed by atoms with van der Waals surface area (Å²) in [5.74, 6) is -5.23. The van der Waals surface area contributed by atoms with E-state index in [4.69, 9.17) is 14.2 Å². The first-order valence-electron chi connectivity index (χ1n) is 6.60. The molecule has 23 heavy (non-hydrogen) atoms. The molecule has 0 saturated heterocycles. The van der Waals surface area contributed by atoms with Gasteiger partial charge in [0.05, 0.1) is 12.2 Å². The number of methoxy groups -OCH3 is 1. The molecule has 0 aliphatic rings. The monoisotopic (exact) mass is 326 g/mol. The number of rotatable bonds is 6. The molecule has 2 aromatic rings. The standard InChI is InChI=1S/C16H13F3O4/c1-21-6-7-22-11-4-2-10(3-5-11)16(20)23-12-8-13(17)15(19)14(18)9-12/h2-5,8-9H,6-7H2,1H3. The third-order valence-electron chi connectivity index (χ3n) is 2.81. The van der Waals surface area contributed by atoms with Gasteiger partial charge >= 0.3 is 5.97 Å². The zero-order chi connectivity index (χ0) is 16.8. The summed E-state index contributed by atoms with van der Waals surface area (Å²) in [4.78, 5) is 11.9. The SMILES string of the molecule is COCCOc1ccc(C(=O)Oc2cc(F)c(F)c(F)c2)cc1. The lowest BCUT2D eigenvalue weighted by atomic mass is 10.2. The van der Waals surface area contributed by atoms with Crippen LogP contribution in [0.5, 0.6) is 11.5 Å². The molecular formula is C16H13F3O4. The number of hydrogen-bond donors (Lipinski definition) is 0. The highest BCUT2D eigenvalue weighted by Gasteiger charge is 2.15. The average molecular weight is 326 g/mol. The Balaban J connectivity index is 2.03. The summed E-state index contributed by atoms with van der Waals surface area (Å²) >= 11 is 0. The van der Waals surface area contributed by atoms with Crippen molar-refractivity contribution < 1.29 is 32.2 Å². The zero-order valence-corrected chi connectivity index (χ0v) is 12.1. The molecule has 0 heterocycles. The van der Waals surface area contributed by atoms with Crippen LogP contribution in [-0.2, 0) is 4.74 Å². The predicted octanol–water partition coefficient (Wildman–Crippen LogP) is 3.35. The molecule has 0 radical (unpaired) electrons. The second kappa shape index (κ2) is 7.64. The van der Waals surface area contributed by atoms with E-state index in [1.807, 2.05) is 0 Å². The van der Waals surface area contributed by atoms with Crippen LogP contribution in [0.25, 0.3) is 0 Å². The summed E-state index contributed by atoms with van der Waals surface area (Å²) in [6.07, 6.45) is 0. The van der Waals surface area contributed by atoms with Crippen molar-refractivity contribution in [3.05, 3.63) is 59.4 Å². The Hall–Kier alpha value is -2.54. The highest BCUT2D eigenvalue weighted by molar-refractivity contribution is 5.91. The van der Waals surface area contributed by atoms with Crippen LogP contribution in [0.4, 0.5) is 13.2 Å². The molecule has 0 amide bonds. The van der Waals surface area contributed by atoms with Crippen LogP contribution in [0, 0.1) is 17.5 Å². The Labute approximate surface area is 130 Å². The van der Waals surface area contributed by atoms with Gasteiger partial charge in [-0.2, -0.15) is 0 Å². The molecule has 0 N–H and O–H groups in total. The van der Waals surface area contributed by atoms with Gasteiger partial charge in [-0.05, 0) is 24.3 Å². The van der Waals surface area contributed by atoms with E-state index < -0.39 is 29.2 Å². The molecule has 0 spiro atoms. The quantitative estimate of drug-likeness (QED) is 0.353. The van der Waals surface area contributed by atoms with Gasteiger partial charge in [0.25, 0.3) is 0 Å². The number of carbonyl (C=O) groups is 1. The third-order valence-corrected chi connectivity index (χ3v) is 2.81. The maximum absolute atomic E-state index is 13.1. The Morgan fingerprint density at radius 3 is 2.13 bits per heavy atom. The lowest BCUT2D eigenvalue weighted by Crippen LogP contribution is -2.09. The molecular weight excluding hydrogens is 313 g/mol. The van der Waals surface area contributed by atoms with Crippen molar-refractivity contribution in [1.82, 2.24) is 0 Å². The van der Waals surface area contributed by atoms with Crippen LogP contribution in [-0.4, -0.2) is 26.3 Å². The molecule has 0 aliphatic heterocycles. The van der Waals surface area contributed by atoms with Crippen LogP contribution in [0.2, 0.25) is 0 Å². The van der Waals surface area contributed by atoms with Gasteiger partial charge in [-0.25, -0.2) is 18.0 Å². The summed E-state index contributed by atoms with van der Waals surface area (Å²) in [6.45, 7) is 0.778. The van der Waals surface area contributed by atoms with Gasteiger partial charge in [0.1, 0.15) is 18.1 Å². The summed E-state index contributed by atoms with van der Waals surface area (Å²) in [5.41, 5.74) is 0.147. The number of halogens is 3. The third kappa shape index (κ3) is 4.46. The largest absolute Gasteiger partial charge is 0.491 e. The van der Waals surface area contributed by atoms with Crippen molar-refractivity contribution in [3.8, 4) is 11.5 Å². The second-order valence-corrected chi connectivity index (χ2v) is 4.46. The number of esters is 1. The number of carbonyl (C=O) groups excluding carboxylic acids is 1. The molecule has 0 saturated carbocycles. The van der Waals surface area contributed by atoms with Gasteiger partial charge in [-0.1, -0.05) is 0 Å². The van der Waals surface area contributed by atoms with E-state index in [1.54, 1.807) is 7.11 Å². The molecule has 0 aliphatic carbocycles. The van der Waals surface area contributed by atoms with E-state index in [2.05, 4.69) is 0 Å². The maximum Gasteiger partial charge on any atom is 0.343 e. The van der Waals surface area contributed by atoms with Gasteiger partial charge in [0, 0.05) is 19.2 Å². The first-order valence-corrected chi connectivity index (χ1v) is 6.60. The summed E-state index contributed by atoms with van der Waals surface area (Å²) < 4.78 is 53.9. The van der Waals surface area contributed by atoms with Crippen molar-refractivity contribution in [1.29, 1.82) is 0 Å². The highest BCUT2D eigenvalue weighted by atomic mass is 19.2. The van der Waals surface area contributed by atoms with Crippen LogP contribution in [0.1, 0.15) is 10.4 Å². The fourth-order valence-corrected chi connectivity index (χ4v) is 1.69. The number of benzene rings is 2. The minimum absolute atomic E-state index is 0.147. The molecule has 0 unspecified atom stereocenters. The van der Waals surface area contributed by atoms with Crippen molar-refractivity contribution in [2.45, 2.75) is 0 Å². The van der Waals surface area contributed by atoms with Crippen molar-refractivity contribution in [2.24, 2.45) is 0 Å². The summed E-state index contributed by atoms with van der Waals surface area (Å²) in [7, 11) is 1.55. The molecule has 2 rings (SSSR count). The summed E-state index contributed by atoms with van der Waals surface area (Å²) in [5, 5.41) is 0. The maximum atomic E-state index is 13.1. The van der Waals surface area contributed by atoms with Crippen LogP contribution < -0.4 is 9.47 Å². The van der Waals surface area contributed by atoms with Crippen LogP contribution in [0.15, 0.2) is 36.4 Å². The van der Waals surface area contributed by atoms with E-state index in [0.29, 0.717) is 31.1 Å². The van der Waals surface area contributed by atoms with Crippen molar-refractivity contribution >= 4 is 5.97 Å². The molecule has 4 nitrogen and oxygen atoms in total. The molecule has 0 atom stereocenters. The van der Waals surface area contributed by atoms with Gasteiger partial charge < -0.3 is 14.2 Å². The second-order valence-electron chi connectivity index (χ2n) is 4.46. The fraction of sp³-hybridized carbons (Fsp3) is 0.188. The average Bonchev–Trinajstić information content (AvgIpc) is 2.53. The van der Waals surface area contributed by atoms with E-state index in [1.165, 1.54) is 24.3 Å². The van der Waals surface area contributed by atoms with Gasteiger partial charge in [0.15, 0.2) is 17.5 Å². The lowest BCUT2D eigenvalue weighted by molar-refractivity contribution is 0.0733. The molecule has 122 valence electrons. The van der Waals surface area contributed by atoms with E-state index in [9.17, 15) is 18.0 Å². The Kier molecular flexibility index (Phi) is 5.59. The van der Waals surface area contributed by atoms with Gasteiger partial charge in [0.2, 0.25) is 0 Å².